The van der Waals surface area contributed by atoms with Gasteiger partial charge in [0.05, 0.1) is 0 Å². The predicted octanol–water partition coefficient (Wildman–Crippen LogP) is 6.03. The molecule has 156 valence electrons. The number of aromatic nitrogens is 1. The number of rotatable bonds is 5. The van der Waals surface area contributed by atoms with Crippen LogP contribution in [0.2, 0.25) is 0 Å². The summed E-state index contributed by atoms with van der Waals surface area (Å²) in [6.45, 7) is 0. The minimum atomic E-state index is -4.90. The molecule has 0 aliphatic rings. The van der Waals surface area contributed by atoms with E-state index in [0.717, 1.165) is 24.3 Å². The number of benzene rings is 2. The van der Waals surface area contributed by atoms with E-state index in [0.29, 0.717) is 6.29 Å². The lowest BCUT2D eigenvalue weighted by Crippen LogP contribution is -2.17. The summed E-state index contributed by atoms with van der Waals surface area (Å²) in [6, 6.07) is 9.82. The molecule has 0 N–H and O–H groups in total. The fourth-order valence-corrected chi connectivity index (χ4v) is 2.78. The zero-order valence-corrected chi connectivity index (χ0v) is 14.8. The number of halogens is 6. The Bertz CT molecular complexity index is 985. The molecular formula is C20H11F6NO3. The Morgan fingerprint density at radius 2 is 1.17 bits per heavy atom. The first kappa shape index (κ1) is 21.2. The Balaban J connectivity index is 2.06. The van der Waals surface area contributed by atoms with Crippen LogP contribution < -0.4 is 9.47 Å². The molecule has 2 aromatic carbocycles. The Labute approximate surface area is 165 Å². The van der Waals surface area contributed by atoms with Crippen LogP contribution in [0.4, 0.5) is 26.3 Å². The maximum Gasteiger partial charge on any atom is 0.573 e. The van der Waals surface area contributed by atoms with Crippen LogP contribution in [0.15, 0.2) is 60.9 Å². The monoisotopic (exact) mass is 427 g/mol. The Morgan fingerprint density at radius 1 is 0.733 bits per heavy atom. The lowest BCUT2D eigenvalue weighted by atomic mass is 9.95. The molecule has 30 heavy (non-hydrogen) atoms. The number of nitrogens with zero attached hydrogens (tertiary/aromatic N) is 1. The minimum absolute atomic E-state index is 0.0262. The topological polar surface area (TPSA) is 48.4 Å². The van der Waals surface area contributed by atoms with Crippen molar-refractivity contribution in [2.45, 2.75) is 12.7 Å². The standard InChI is InChI=1S/C20H11F6NO3/c21-19(22,23)29-14-5-1-3-12(7-14)16-9-27-10-17(18(16)11-28)13-4-2-6-15(8-13)30-20(24,25)26/h1-11H. The Kier molecular flexibility index (Phi) is 5.68. The minimum Gasteiger partial charge on any atom is -0.406 e. The van der Waals surface area contributed by atoms with E-state index < -0.39 is 24.2 Å². The summed E-state index contributed by atoms with van der Waals surface area (Å²) in [5.74, 6) is -0.995. The number of hydrogen-bond acceptors (Lipinski definition) is 4. The molecule has 1 heterocycles. The molecule has 0 bridgehead atoms. The van der Waals surface area contributed by atoms with Crippen LogP contribution in [-0.2, 0) is 0 Å². The molecule has 0 unspecified atom stereocenters. The van der Waals surface area contributed by atoms with E-state index in [1.54, 1.807) is 0 Å². The highest BCUT2D eigenvalue weighted by atomic mass is 19.4. The number of carbonyl (C=O) groups is 1. The molecule has 0 fully saturated rings. The maximum atomic E-state index is 12.5. The highest BCUT2D eigenvalue weighted by molar-refractivity contribution is 5.96. The zero-order chi connectivity index (χ0) is 21.9. The maximum absolute atomic E-state index is 12.5. The number of hydrogen-bond donors (Lipinski definition) is 0. The summed E-state index contributed by atoms with van der Waals surface area (Å²) >= 11 is 0. The van der Waals surface area contributed by atoms with Gasteiger partial charge in [-0.15, -0.1) is 26.3 Å². The van der Waals surface area contributed by atoms with Gasteiger partial charge in [-0.3, -0.25) is 9.78 Å². The molecule has 0 saturated carbocycles. The first-order chi connectivity index (χ1) is 14.1. The summed E-state index contributed by atoms with van der Waals surface area (Å²) in [5.41, 5.74) is 0.791. The second-order valence-electron chi connectivity index (χ2n) is 5.92. The van der Waals surface area contributed by atoms with Gasteiger partial charge in [-0.25, -0.2) is 0 Å². The van der Waals surface area contributed by atoms with Crippen LogP contribution in [0.5, 0.6) is 11.5 Å². The summed E-state index contributed by atoms with van der Waals surface area (Å²) in [6.07, 6.45) is -6.83. The van der Waals surface area contributed by atoms with E-state index in [1.165, 1.54) is 36.7 Å². The van der Waals surface area contributed by atoms with Gasteiger partial charge in [0.2, 0.25) is 0 Å². The van der Waals surface area contributed by atoms with Gasteiger partial charge < -0.3 is 9.47 Å². The second kappa shape index (κ2) is 8.05. The van der Waals surface area contributed by atoms with Crippen LogP contribution in [-0.4, -0.2) is 24.0 Å². The van der Waals surface area contributed by atoms with Crippen LogP contribution in [0.1, 0.15) is 10.4 Å². The van der Waals surface area contributed by atoms with Gasteiger partial charge in [0.25, 0.3) is 0 Å². The summed E-state index contributed by atoms with van der Waals surface area (Å²) in [4.78, 5) is 15.7. The molecular weight excluding hydrogens is 416 g/mol. The summed E-state index contributed by atoms with van der Waals surface area (Å²) < 4.78 is 82.6. The molecule has 0 amide bonds. The van der Waals surface area contributed by atoms with Gasteiger partial charge in [-0.2, -0.15) is 0 Å². The fourth-order valence-electron chi connectivity index (χ4n) is 2.78. The van der Waals surface area contributed by atoms with Gasteiger partial charge in [-0.05, 0) is 35.4 Å². The Hall–Kier alpha value is -3.56. The molecule has 0 saturated heterocycles. The van der Waals surface area contributed by atoms with Crippen molar-refractivity contribution >= 4 is 6.29 Å². The van der Waals surface area contributed by atoms with Gasteiger partial charge in [0.15, 0.2) is 6.29 Å². The van der Waals surface area contributed by atoms with Crippen molar-refractivity contribution in [3.8, 4) is 33.8 Å². The lowest BCUT2D eigenvalue weighted by molar-refractivity contribution is -0.275. The molecule has 3 rings (SSSR count). The van der Waals surface area contributed by atoms with Crippen LogP contribution in [0.25, 0.3) is 22.3 Å². The first-order valence-electron chi connectivity index (χ1n) is 8.21. The van der Waals surface area contributed by atoms with E-state index in [4.69, 9.17) is 0 Å². The molecule has 10 heteroatoms. The quantitative estimate of drug-likeness (QED) is 0.369. The van der Waals surface area contributed by atoms with Gasteiger partial charge >= 0.3 is 12.7 Å². The van der Waals surface area contributed by atoms with Crippen LogP contribution in [0.3, 0.4) is 0 Å². The molecule has 0 aliphatic heterocycles. The van der Waals surface area contributed by atoms with Crippen LogP contribution in [0, 0.1) is 0 Å². The zero-order valence-electron chi connectivity index (χ0n) is 14.8. The van der Waals surface area contributed by atoms with E-state index in [1.807, 2.05) is 0 Å². The van der Waals surface area contributed by atoms with Crippen molar-refractivity contribution in [1.82, 2.24) is 4.98 Å². The van der Waals surface area contributed by atoms with Crippen molar-refractivity contribution in [2.24, 2.45) is 0 Å². The molecule has 4 nitrogen and oxygen atoms in total. The van der Waals surface area contributed by atoms with E-state index >= 15 is 0 Å². The van der Waals surface area contributed by atoms with Crippen molar-refractivity contribution in [3.05, 3.63) is 66.5 Å². The van der Waals surface area contributed by atoms with Gasteiger partial charge in [0, 0.05) is 29.1 Å². The third-order valence-corrected chi connectivity index (χ3v) is 3.86. The number of ether oxygens (including phenoxy) is 2. The number of alkyl halides is 6. The van der Waals surface area contributed by atoms with Gasteiger partial charge in [0.1, 0.15) is 11.5 Å². The predicted molar refractivity (Wildman–Crippen MR) is 93.9 cm³/mol. The number of aldehydes is 1. The number of pyridine rings is 1. The molecule has 3 aromatic rings. The van der Waals surface area contributed by atoms with Crippen molar-refractivity contribution in [1.29, 1.82) is 0 Å². The van der Waals surface area contributed by atoms with Crippen molar-refractivity contribution in [2.75, 3.05) is 0 Å². The van der Waals surface area contributed by atoms with Gasteiger partial charge in [-0.1, -0.05) is 24.3 Å². The first-order valence-corrected chi connectivity index (χ1v) is 8.21. The highest BCUT2D eigenvalue weighted by Crippen LogP contribution is 2.34. The fraction of sp³-hybridized carbons (Fsp3) is 0.100. The largest absolute Gasteiger partial charge is 0.573 e. The number of carbonyl (C=O) groups excluding carboxylic acids is 1. The van der Waals surface area contributed by atoms with Crippen LogP contribution >= 0.6 is 0 Å². The molecule has 0 radical (unpaired) electrons. The molecule has 0 aliphatic carbocycles. The third kappa shape index (κ3) is 5.28. The Morgan fingerprint density at radius 3 is 1.53 bits per heavy atom. The normalized spacial score (nSPS) is 11.8. The molecule has 0 atom stereocenters. The van der Waals surface area contributed by atoms with Crippen molar-refractivity contribution < 1.29 is 40.6 Å². The smallest absolute Gasteiger partial charge is 0.406 e. The van der Waals surface area contributed by atoms with E-state index in [2.05, 4.69) is 14.5 Å². The molecule has 0 spiro atoms. The lowest BCUT2D eigenvalue weighted by Gasteiger charge is -2.14. The third-order valence-electron chi connectivity index (χ3n) is 3.86. The van der Waals surface area contributed by atoms with E-state index in [-0.39, 0.29) is 27.8 Å². The highest BCUT2D eigenvalue weighted by Gasteiger charge is 2.32. The second-order valence-corrected chi connectivity index (χ2v) is 5.92. The average Bonchev–Trinajstić information content (AvgIpc) is 2.65. The average molecular weight is 427 g/mol. The van der Waals surface area contributed by atoms with E-state index in [9.17, 15) is 31.1 Å². The SMILES string of the molecule is O=Cc1c(-c2cccc(OC(F)(F)F)c2)cncc1-c1cccc(OC(F)(F)F)c1. The molecule has 1 aromatic heterocycles. The summed E-state index contributed by atoms with van der Waals surface area (Å²) in [5, 5.41) is 0. The van der Waals surface area contributed by atoms with Crippen molar-refractivity contribution in [3.63, 3.8) is 0 Å². The summed E-state index contributed by atoms with van der Waals surface area (Å²) in [7, 11) is 0.